The van der Waals surface area contributed by atoms with Gasteiger partial charge < -0.3 is 24.4 Å². The number of nitrogens with zero attached hydrogens (tertiary/aromatic N) is 1. The molecule has 2 amide bonds. The summed E-state index contributed by atoms with van der Waals surface area (Å²) in [5.74, 6) is 0.446. The lowest BCUT2D eigenvalue weighted by Gasteiger charge is -2.20. The third kappa shape index (κ3) is 5.90. The number of carbonyl (C=O) groups is 3. The third-order valence-electron chi connectivity index (χ3n) is 7.33. The minimum atomic E-state index is -0.765. The Labute approximate surface area is 227 Å². The molecule has 1 heterocycles. The lowest BCUT2D eigenvalue weighted by atomic mass is 9.98. The summed E-state index contributed by atoms with van der Waals surface area (Å²) in [6.07, 6.45) is 4.99. The first-order valence-corrected chi connectivity index (χ1v) is 13.2. The monoisotopic (exact) mass is 528 g/mol. The number of hydrogen-bond donors (Lipinski definition) is 1. The second-order valence-electron chi connectivity index (χ2n) is 9.91. The number of rotatable bonds is 9. The van der Waals surface area contributed by atoms with Gasteiger partial charge in [0.15, 0.2) is 11.5 Å². The van der Waals surface area contributed by atoms with Crippen LogP contribution in [0.25, 0.3) is 0 Å². The van der Waals surface area contributed by atoms with E-state index >= 15 is 0 Å². The van der Waals surface area contributed by atoms with E-state index in [1.165, 1.54) is 26.0 Å². The van der Waals surface area contributed by atoms with Crippen molar-refractivity contribution >= 4 is 29.0 Å². The van der Waals surface area contributed by atoms with Crippen molar-refractivity contribution in [2.75, 3.05) is 31.0 Å². The molecule has 5 rings (SSSR count). The number of nitrogens with one attached hydrogen (secondary N) is 1. The zero-order valence-electron chi connectivity index (χ0n) is 22.1. The Morgan fingerprint density at radius 3 is 2.46 bits per heavy atom. The van der Waals surface area contributed by atoms with Gasteiger partial charge in [-0.2, -0.15) is 0 Å². The van der Waals surface area contributed by atoms with Crippen LogP contribution in [0.1, 0.15) is 53.9 Å². The van der Waals surface area contributed by atoms with Crippen LogP contribution in [0.5, 0.6) is 17.2 Å². The van der Waals surface area contributed by atoms with Gasteiger partial charge in [0.1, 0.15) is 5.75 Å². The number of anilines is 2. The highest BCUT2D eigenvalue weighted by Gasteiger charge is 2.32. The maximum absolute atomic E-state index is 13.0. The van der Waals surface area contributed by atoms with Crippen LogP contribution < -0.4 is 24.4 Å². The molecule has 1 N–H and O–H groups in total. The summed E-state index contributed by atoms with van der Waals surface area (Å²) in [6, 6.07) is 19.3. The fourth-order valence-corrected chi connectivity index (χ4v) is 5.24. The van der Waals surface area contributed by atoms with Gasteiger partial charge in [-0.05, 0) is 73.7 Å². The lowest BCUT2D eigenvalue weighted by molar-refractivity contribution is -0.117. The van der Waals surface area contributed by atoms with Crippen LogP contribution in [0.4, 0.5) is 11.4 Å². The van der Waals surface area contributed by atoms with Crippen molar-refractivity contribution in [3.8, 4) is 17.2 Å². The first-order valence-electron chi connectivity index (χ1n) is 13.2. The van der Waals surface area contributed by atoms with E-state index in [0.29, 0.717) is 35.8 Å². The molecule has 8 heteroatoms. The predicted molar refractivity (Wildman–Crippen MR) is 148 cm³/mol. The Balaban J connectivity index is 1.28. The molecule has 3 aromatic rings. The normalized spacial score (nSPS) is 17.2. The molecule has 0 spiro atoms. The summed E-state index contributed by atoms with van der Waals surface area (Å²) >= 11 is 0. The molecule has 0 aromatic heterocycles. The Kier molecular flexibility index (Phi) is 7.81. The number of ketones is 1. The van der Waals surface area contributed by atoms with Crippen molar-refractivity contribution in [1.29, 1.82) is 0 Å². The van der Waals surface area contributed by atoms with Crippen molar-refractivity contribution in [3.63, 3.8) is 0 Å². The molecule has 2 aliphatic rings. The largest absolute Gasteiger partial charge is 0.497 e. The van der Waals surface area contributed by atoms with E-state index in [1.54, 1.807) is 48.4 Å². The van der Waals surface area contributed by atoms with E-state index in [-0.39, 0.29) is 23.5 Å². The van der Waals surface area contributed by atoms with E-state index in [2.05, 4.69) is 5.32 Å². The zero-order valence-corrected chi connectivity index (χ0v) is 22.1. The molecule has 0 radical (unpaired) electrons. The van der Waals surface area contributed by atoms with Crippen molar-refractivity contribution in [3.05, 3.63) is 77.9 Å². The fourth-order valence-electron chi connectivity index (χ4n) is 5.24. The number of benzene rings is 3. The van der Waals surface area contributed by atoms with E-state index in [1.807, 2.05) is 24.3 Å². The zero-order chi connectivity index (χ0) is 27.4. The minimum absolute atomic E-state index is 0.00925. The summed E-state index contributed by atoms with van der Waals surface area (Å²) in [5.41, 5.74) is 2.34. The van der Waals surface area contributed by atoms with Crippen LogP contribution in [0.15, 0.2) is 66.7 Å². The molecule has 0 unspecified atom stereocenters. The summed E-state index contributed by atoms with van der Waals surface area (Å²) in [5, 5.41) is 2.66. The maximum Gasteiger partial charge on any atom is 0.296 e. The van der Waals surface area contributed by atoms with Gasteiger partial charge in [-0.1, -0.05) is 24.3 Å². The first-order chi connectivity index (χ1) is 18.9. The molecule has 0 bridgehead atoms. The smallest absolute Gasteiger partial charge is 0.296 e. The molecule has 39 heavy (non-hydrogen) atoms. The molecule has 1 saturated carbocycles. The van der Waals surface area contributed by atoms with Gasteiger partial charge in [0.2, 0.25) is 5.91 Å². The predicted octanol–water partition coefficient (Wildman–Crippen LogP) is 5.37. The van der Waals surface area contributed by atoms with Crippen molar-refractivity contribution in [2.24, 2.45) is 0 Å². The van der Waals surface area contributed by atoms with Crippen LogP contribution in [0.3, 0.4) is 0 Å². The average molecular weight is 529 g/mol. The second-order valence-corrected chi connectivity index (χ2v) is 9.91. The summed E-state index contributed by atoms with van der Waals surface area (Å²) in [4.78, 5) is 40.1. The maximum atomic E-state index is 13.0. The number of amides is 2. The minimum Gasteiger partial charge on any atom is -0.497 e. The van der Waals surface area contributed by atoms with Crippen LogP contribution in [-0.4, -0.2) is 44.5 Å². The molecule has 1 aliphatic carbocycles. The summed E-state index contributed by atoms with van der Waals surface area (Å²) in [6.45, 7) is 0.494. The lowest BCUT2D eigenvalue weighted by Crippen LogP contribution is -2.25. The van der Waals surface area contributed by atoms with Gasteiger partial charge in [-0.3, -0.25) is 14.4 Å². The van der Waals surface area contributed by atoms with Gasteiger partial charge in [0, 0.05) is 35.8 Å². The summed E-state index contributed by atoms with van der Waals surface area (Å²) in [7, 11) is 3.13. The van der Waals surface area contributed by atoms with Crippen LogP contribution >= 0.6 is 0 Å². The average Bonchev–Trinajstić information content (AvgIpc) is 3.62. The van der Waals surface area contributed by atoms with E-state index < -0.39 is 11.7 Å². The van der Waals surface area contributed by atoms with Gasteiger partial charge in [-0.15, -0.1) is 0 Å². The van der Waals surface area contributed by atoms with Crippen molar-refractivity contribution in [2.45, 2.75) is 44.1 Å². The quantitative estimate of drug-likeness (QED) is 0.297. The van der Waals surface area contributed by atoms with Crippen LogP contribution in [-0.2, 0) is 9.59 Å². The number of carbonyl (C=O) groups excluding carboxylic acids is 3. The Morgan fingerprint density at radius 1 is 0.897 bits per heavy atom. The van der Waals surface area contributed by atoms with Gasteiger partial charge >= 0.3 is 0 Å². The number of Topliss-reactive ketones (excluding diaryl/α,β-unsaturated/α-hetero) is 1. The highest BCUT2D eigenvalue weighted by molar-refractivity contribution is 6.46. The Morgan fingerprint density at radius 2 is 1.69 bits per heavy atom. The van der Waals surface area contributed by atoms with E-state index in [9.17, 15) is 14.4 Å². The second kappa shape index (κ2) is 11.6. The van der Waals surface area contributed by atoms with Gasteiger partial charge in [0.25, 0.3) is 11.7 Å². The molecule has 1 saturated heterocycles. The highest BCUT2D eigenvalue weighted by atomic mass is 16.5. The molecule has 1 aliphatic heterocycles. The standard InChI is InChI=1S/C31H32N2O6/c1-37-26-12-5-7-21(15-26)30(35)31(36)32-23-8-6-9-24(18-23)33-19-22(17-29(33)34)20-13-14-27(38-2)28(16-20)39-25-10-3-4-11-25/h5-9,12-16,18,22,25H,3-4,10-11,17,19H2,1-2H3,(H,32,36)/t22-/m0/s1. The first kappa shape index (κ1) is 26.3. The highest BCUT2D eigenvalue weighted by Crippen LogP contribution is 2.38. The van der Waals surface area contributed by atoms with Crippen molar-refractivity contribution < 1.29 is 28.6 Å². The Hall–Kier alpha value is -4.33. The summed E-state index contributed by atoms with van der Waals surface area (Å²) < 4.78 is 16.9. The van der Waals surface area contributed by atoms with Gasteiger partial charge in [0.05, 0.1) is 20.3 Å². The van der Waals surface area contributed by atoms with E-state index in [0.717, 1.165) is 24.2 Å². The van der Waals surface area contributed by atoms with Crippen LogP contribution in [0.2, 0.25) is 0 Å². The number of ether oxygens (including phenoxy) is 3. The molecule has 2 fully saturated rings. The molecule has 1 atom stereocenters. The molecule has 8 nitrogen and oxygen atoms in total. The molecular weight excluding hydrogens is 496 g/mol. The Bertz CT molecular complexity index is 1380. The number of hydrogen-bond acceptors (Lipinski definition) is 6. The topological polar surface area (TPSA) is 94.2 Å². The van der Waals surface area contributed by atoms with Gasteiger partial charge in [-0.25, -0.2) is 0 Å². The molecule has 202 valence electrons. The SMILES string of the molecule is COc1cccc(C(=O)C(=O)Nc2cccc(N3C[C@@H](c4ccc(OC)c(OC5CCCC5)c4)CC3=O)c2)c1. The number of methoxy groups -OCH3 is 2. The van der Waals surface area contributed by atoms with E-state index in [4.69, 9.17) is 14.2 Å². The molecule has 3 aromatic carbocycles. The fraction of sp³-hybridized carbons (Fsp3) is 0.323. The van der Waals surface area contributed by atoms with Crippen molar-refractivity contribution in [1.82, 2.24) is 0 Å². The molecular formula is C31H32N2O6. The van der Waals surface area contributed by atoms with Crippen LogP contribution in [0, 0.1) is 0 Å². The third-order valence-corrected chi connectivity index (χ3v) is 7.33.